The molecule has 1 aromatic rings. The predicted octanol–water partition coefficient (Wildman–Crippen LogP) is -1.33. The van der Waals surface area contributed by atoms with Gasteiger partial charge in [-0.2, -0.15) is 5.10 Å². The van der Waals surface area contributed by atoms with Crippen LogP contribution in [0.4, 0.5) is 5.82 Å². The average Bonchev–Trinajstić information content (AvgIpc) is 2.63. The summed E-state index contributed by atoms with van der Waals surface area (Å²) in [4.78, 5) is 24.0. The summed E-state index contributed by atoms with van der Waals surface area (Å²) in [5.74, 6) is -0.0516. The number of rotatable bonds is 4. The third-order valence-electron chi connectivity index (χ3n) is 2.04. The van der Waals surface area contributed by atoms with Crippen LogP contribution in [0.3, 0.4) is 0 Å². The van der Waals surface area contributed by atoms with E-state index in [1.54, 1.807) is 19.3 Å². The summed E-state index contributed by atoms with van der Waals surface area (Å²) in [6.45, 7) is 0.108. The van der Waals surface area contributed by atoms with E-state index in [9.17, 15) is 9.59 Å². The quantitative estimate of drug-likeness (QED) is 0.664. The fourth-order valence-electron chi connectivity index (χ4n) is 1.11. The lowest BCUT2D eigenvalue weighted by molar-refractivity contribution is -0.135. The van der Waals surface area contributed by atoms with Gasteiger partial charge in [-0.3, -0.25) is 14.3 Å². The number of nitrogens with zero attached hydrogens (tertiary/aromatic N) is 3. The lowest BCUT2D eigenvalue weighted by Gasteiger charge is -2.15. The zero-order chi connectivity index (χ0) is 12.1. The molecular formula is C9H15N5O2. The number of carbonyl (C=O) groups is 2. The largest absolute Gasteiger partial charge is 0.382 e. The monoisotopic (exact) mass is 225 g/mol. The van der Waals surface area contributed by atoms with Gasteiger partial charge in [0.05, 0.1) is 6.54 Å². The highest BCUT2D eigenvalue weighted by atomic mass is 16.2. The van der Waals surface area contributed by atoms with Gasteiger partial charge >= 0.3 is 0 Å². The molecule has 0 aliphatic heterocycles. The Labute approximate surface area is 93.2 Å². The molecule has 0 aliphatic rings. The van der Waals surface area contributed by atoms with Crippen LogP contribution in [0.15, 0.2) is 12.3 Å². The minimum absolute atomic E-state index is 0.0338. The van der Waals surface area contributed by atoms with Gasteiger partial charge < -0.3 is 16.0 Å². The standard InChI is InChI=1S/C9H15N5O2/c1-11-8(15)5-13(2)9(16)6-14-4-3-7(10)12-14/h3-4H,5-6H2,1-2H3,(H2,10,12)(H,11,15). The van der Waals surface area contributed by atoms with E-state index in [0.29, 0.717) is 5.82 Å². The summed E-state index contributed by atoms with van der Waals surface area (Å²) in [7, 11) is 3.08. The van der Waals surface area contributed by atoms with Gasteiger partial charge in [-0.1, -0.05) is 0 Å². The Morgan fingerprint density at radius 1 is 1.62 bits per heavy atom. The van der Waals surface area contributed by atoms with Gasteiger partial charge in [-0.25, -0.2) is 0 Å². The van der Waals surface area contributed by atoms with Crippen LogP contribution in [0.1, 0.15) is 0 Å². The number of hydrogen-bond acceptors (Lipinski definition) is 4. The van der Waals surface area contributed by atoms with Gasteiger partial charge in [-0.15, -0.1) is 0 Å². The van der Waals surface area contributed by atoms with Crippen LogP contribution in [-0.2, 0) is 16.1 Å². The number of likely N-dealkylation sites (N-methyl/N-ethyl adjacent to an activating group) is 2. The van der Waals surface area contributed by atoms with Gasteiger partial charge in [-0.05, 0) is 6.07 Å². The highest BCUT2D eigenvalue weighted by molar-refractivity contribution is 5.84. The molecule has 0 saturated heterocycles. The van der Waals surface area contributed by atoms with Crippen molar-refractivity contribution in [2.45, 2.75) is 6.54 Å². The van der Waals surface area contributed by atoms with E-state index in [2.05, 4.69) is 10.4 Å². The third-order valence-corrected chi connectivity index (χ3v) is 2.04. The first kappa shape index (κ1) is 12.0. The Balaban J connectivity index is 2.49. The van der Waals surface area contributed by atoms with E-state index in [4.69, 9.17) is 5.73 Å². The Bertz CT molecular complexity index is 387. The molecule has 0 bridgehead atoms. The molecule has 0 aliphatic carbocycles. The number of hydrogen-bond donors (Lipinski definition) is 2. The van der Waals surface area contributed by atoms with Crippen LogP contribution in [-0.4, -0.2) is 47.1 Å². The van der Waals surface area contributed by atoms with Crippen LogP contribution in [0.5, 0.6) is 0 Å². The molecule has 7 heteroatoms. The first-order chi connectivity index (χ1) is 7.52. The van der Waals surface area contributed by atoms with E-state index < -0.39 is 0 Å². The number of amides is 2. The first-order valence-corrected chi connectivity index (χ1v) is 4.76. The number of nitrogens with one attached hydrogen (secondary N) is 1. The molecule has 0 unspecified atom stereocenters. The van der Waals surface area contributed by atoms with Gasteiger partial charge in [0.2, 0.25) is 11.8 Å². The number of nitrogens with two attached hydrogens (primary N) is 1. The molecule has 16 heavy (non-hydrogen) atoms. The third kappa shape index (κ3) is 3.26. The second kappa shape index (κ2) is 5.15. The molecular weight excluding hydrogens is 210 g/mol. The summed E-state index contributed by atoms with van der Waals surface area (Å²) >= 11 is 0. The first-order valence-electron chi connectivity index (χ1n) is 4.76. The molecule has 1 heterocycles. The summed E-state index contributed by atoms with van der Waals surface area (Å²) < 4.78 is 1.43. The van der Waals surface area contributed by atoms with Crippen molar-refractivity contribution in [1.29, 1.82) is 0 Å². The predicted molar refractivity (Wildman–Crippen MR) is 58.3 cm³/mol. The minimum Gasteiger partial charge on any atom is -0.382 e. The van der Waals surface area contributed by atoms with E-state index >= 15 is 0 Å². The van der Waals surface area contributed by atoms with Gasteiger partial charge in [0.25, 0.3) is 0 Å². The zero-order valence-electron chi connectivity index (χ0n) is 9.30. The van der Waals surface area contributed by atoms with Crippen molar-refractivity contribution < 1.29 is 9.59 Å². The lowest BCUT2D eigenvalue weighted by Crippen LogP contribution is -2.38. The Morgan fingerprint density at radius 2 is 2.31 bits per heavy atom. The number of carbonyl (C=O) groups excluding carboxylic acids is 2. The van der Waals surface area contributed by atoms with Crippen LogP contribution in [0, 0.1) is 0 Å². The fourth-order valence-corrected chi connectivity index (χ4v) is 1.11. The molecule has 1 rings (SSSR count). The molecule has 0 aromatic carbocycles. The highest BCUT2D eigenvalue weighted by Gasteiger charge is 2.12. The second-order valence-electron chi connectivity index (χ2n) is 3.36. The maximum atomic E-state index is 11.6. The SMILES string of the molecule is CNC(=O)CN(C)C(=O)Cn1ccc(N)n1. The van der Waals surface area contributed by atoms with Crippen molar-refractivity contribution in [1.82, 2.24) is 20.0 Å². The molecule has 1 aromatic heterocycles. The van der Waals surface area contributed by atoms with Crippen LogP contribution >= 0.6 is 0 Å². The summed E-state index contributed by atoms with van der Waals surface area (Å²) in [5, 5.41) is 6.32. The Hall–Kier alpha value is -2.05. The van der Waals surface area contributed by atoms with E-state index in [-0.39, 0.29) is 24.9 Å². The van der Waals surface area contributed by atoms with E-state index in [1.165, 1.54) is 16.6 Å². The molecule has 0 saturated carbocycles. The molecule has 88 valence electrons. The topological polar surface area (TPSA) is 93.2 Å². The molecule has 2 amide bonds. The molecule has 0 radical (unpaired) electrons. The number of anilines is 1. The molecule has 3 N–H and O–H groups in total. The minimum atomic E-state index is -0.212. The summed E-state index contributed by atoms with van der Waals surface area (Å²) in [6.07, 6.45) is 1.61. The normalized spacial score (nSPS) is 9.88. The van der Waals surface area contributed by atoms with Crippen LogP contribution < -0.4 is 11.1 Å². The van der Waals surface area contributed by atoms with Gasteiger partial charge in [0.1, 0.15) is 12.4 Å². The van der Waals surface area contributed by atoms with E-state index in [1.807, 2.05) is 0 Å². The summed E-state index contributed by atoms with van der Waals surface area (Å²) in [5.41, 5.74) is 5.41. The Morgan fingerprint density at radius 3 is 2.81 bits per heavy atom. The van der Waals surface area contributed by atoms with Crippen molar-refractivity contribution in [3.63, 3.8) is 0 Å². The molecule has 7 nitrogen and oxygen atoms in total. The maximum absolute atomic E-state index is 11.6. The fraction of sp³-hybridized carbons (Fsp3) is 0.444. The molecule has 0 fully saturated rings. The van der Waals surface area contributed by atoms with Crippen molar-refractivity contribution in [2.75, 3.05) is 26.4 Å². The zero-order valence-corrected chi connectivity index (χ0v) is 9.30. The Kier molecular flexibility index (Phi) is 3.87. The lowest BCUT2D eigenvalue weighted by atomic mass is 10.4. The molecule has 0 spiro atoms. The smallest absolute Gasteiger partial charge is 0.244 e. The highest BCUT2D eigenvalue weighted by Crippen LogP contribution is 1.97. The van der Waals surface area contributed by atoms with Crippen molar-refractivity contribution in [2.24, 2.45) is 0 Å². The van der Waals surface area contributed by atoms with Gasteiger partial charge in [0.15, 0.2) is 0 Å². The van der Waals surface area contributed by atoms with Crippen LogP contribution in [0.2, 0.25) is 0 Å². The second-order valence-corrected chi connectivity index (χ2v) is 3.36. The maximum Gasteiger partial charge on any atom is 0.244 e. The van der Waals surface area contributed by atoms with Crippen LogP contribution in [0.25, 0.3) is 0 Å². The summed E-state index contributed by atoms with van der Waals surface area (Å²) in [6, 6.07) is 1.60. The number of nitrogen functional groups attached to an aromatic ring is 1. The van der Waals surface area contributed by atoms with Crippen molar-refractivity contribution in [3.05, 3.63) is 12.3 Å². The molecule has 0 atom stereocenters. The van der Waals surface area contributed by atoms with Crippen molar-refractivity contribution >= 4 is 17.6 Å². The van der Waals surface area contributed by atoms with E-state index in [0.717, 1.165) is 0 Å². The average molecular weight is 225 g/mol. The van der Waals surface area contributed by atoms with Gasteiger partial charge in [0, 0.05) is 20.3 Å². The van der Waals surface area contributed by atoms with Crippen molar-refractivity contribution in [3.8, 4) is 0 Å². The number of aromatic nitrogens is 2.